The van der Waals surface area contributed by atoms with Gasteiger partial charge in [-0.1, -0.05) is 19.8 Å². The molecule has 0 aromatic heterocycles. The largest absolute Gasteiger partial charge is 0.507 e. The van der Waals surface area contributed by atoms with E-state index in [4.69, 9.17) is 9.47 Å². The van der Waals surface area contributed by atoms with E-state index < -0.39 is 24.5 Å². The van der Waals surface area contributed by atoms with Crippen LogP contribution in [0, 0.1) is 5.92 Å². The first kappa shape index (κ1) is 19.6. The number of phenols is 1. The Balaban J connectivity index is 1.79. The third kappa shape index (κ3) is 5.37. The Bertz CT molecular complexity index is 676. The number of nitrogens with one attached hydrogen (secondary N) is 2. The number of hydrogen-bond acceptors (Lipinski definition) is 6. The number of carbonyl (C=O) groups is 3. The molecule has 8 nitrogen and oxygen atoms in total. The fourth-order valence-electron chi connectivity index (χ4n) is 2.92. The summed E-state index contributed by atoms with van der Waals surface area (Å²) in [7, 11) is 1.43. The van der Waals surface area contributed by atoms with Crippen molar-refractivity contribution in [2.75, 3.05) is 13.7 Å². The zero-order chi connectivity index (χ0) is 19.1. The van der Waals surface area contributed by atoms with Crippen LogP contribution in [-0.4, -0.2) is 42.8 Å². The lowest BCUT2D eigenvalue weighted by atomic mass is 9.86. The van der Waals surface area contributed by atoms with Crippen molar-refractivity contribution < 1.29 is 29.0 Å². The fourth-order valence-corrected chi connectivity index (χ4v) is 2.92. The number of aromatic hydroxyl groups is 1. The van der Waals surface area contributed by atoms with E-state index in [-0.39, 0.29) is 17.4 Å². The molecule has 1 fully saturated rings. The number of rotatable bonds is 5. The molecule has 0 spiro atoms. The van der Waals surface area contributed by atoms with Crippen LogP contribution in [0.1, 0.15) is 43.0 Å². The average molecular weight is 364 g/mol. The molecule has 142 valence electrons. The van der Waals surface area contributed by atoms with E-state index in [2.05, 4.69) is 17.6 Å². The number of methoxy groups -OCH3 is 1. The van der Waals surface area contributed by atoms with Crippen LogP contribution in [0.4, 0.5) is 4.79 Å². The Kier molecular flexibility index (Phi) is 6.82. The predicted octanol–water partition coefficient (Wildman–Crippen LogP) is 1.96. The first-order chi connectivity index (χ1) is 12.4. The highest BCUT2D eigenvalue weighted by Gasteiger charge is 2.23. The molecule has 0 saturated heterocycles. The molecular weight excluding hydrogens is 340 g/mol. The maximum absolute atomic E-state index is 11.9. The van der Waals surface area contributed by atoms with Crippen LogP contribution in [0.3, 0.4) is 0 Å². The molecule has 1 aromatic rings. The number of amides is 3. The van der Waals surface area contributed by atoms with Gasteiger partial charge in [-0.3, -0.25) is 10.1 Å². The van der Waals surface area contributed by atoms with Crippen molar-refractivity contribution in [2.45, 2.75) is 38.6 Å². The second kappa shape index (κ2) is 9.07. The second-order valence-corrected chi connectivity index (χ2v) is 6.35. The molecule has 0 heterocycles. The smallest absolute Gasteiger partial charge is 0.342 e. The third-order valence-corrected chi connectivity index (χ3v) is 4.44. The number of hydrogen-bond donors (Lipinski definition) is 3. The average Bonchev–Trinajstić information content (AvgIpc) is 2.61. The number of esters is 1. The van der Waals surface area contributed by atoms with Crippen molar-refractivity contribution in [2.24, 2.45) is 5.92 Å². The predicted molar refractivity (Wildman–Crippen MR) is 93.0 cm³/mol. The van der Waals surface area contributed by atoms with E-state index in [1.807, 2.05) is 0 Å². The van der Waals surface area contributed by atoms with Crippen LogP contribution in [0.2, 0.25) is 0 Å². The van der Waals surface area contributed by atoms with E-state index in [1.54, 1.807) is 0 Å². The number of ether oxygens (including phenoxy) is 2. The van der Waals surface area contributed by atoms with Crippen molar-refractivity contribution >= 4 is 17.9 Å². The number of imide groups is 1. The van der Waals surface area contributed by atoms with Gasteiger partial charge in [-0.15, -0.1) is 0 Å². The van der Waals surface area contributed by atoms with Gasteiger partial charge in [0.05, 0.1) is 7.11 Å². The van der Waals surface area contributed by atoms with Crippen molar-refractivity contribution in [3.63, 3.8) is 0 Å². The summed E-state index contributed by atoms with van der Waals surface area (Å²) in [6.07, 6.45) is 4.12. The van der Waals surface area contributed by atoms with Crippen LogP contribution in [0.5, 0.6) is 11.5 Å². The topological polar surface area (TPSA) is 114 Å². The molecule has 2 rings (SSSR count). The summed E-state index contributed by atoms with van der Waals surface area (Å²) in [6, 6.07) is 3.50. The summed E-state index contributed by atoms with van der Waals surface area (Å²) >= 11 is 0. The highest BCUT2D eigenvalue weighted by Crippen LogP contribution is 2.24. The highest BCUT2D eigenvalue weighted by molar-refractivity contribution is 5.97. The molecule has 3 amide bonds. The van der Waals surface area contributed by atoms with Gasteiger partial charge < -0.3 is 19.9 Å². The molecule has 0 unspecified atom stereocenters. The molecule has 26 heavy (non-hydrogen) atoms. The van der Waals surface area contributed by atoms with E-state index in [0.29, 0.717) is 11.7 Å². The normalized spacial score (nSPS) is 19.3. The molecule has 0 aliphatic heterocycles. The van der Waals surface area contributed by atoms with Gasteiger partial charge in [0, 0.05) is 12.1 Å². The van der Waals surface area contributed by atoms with E-state index in [0.717, 1.165) is 25.7 Å². The van der Waals surface area contributed by atoms with Crippen LogP contribution in [-0.2, 0) is 9.53 Å². The quantitative estimate of drug-likeness (QED) is 0.688. The van der Waals surface area contributed by atoms with Crippen LogP contribution in [0.15, 0.2) is 18.2 Å². The van der Waals surface area contributed by atoms with Gasteiger partial charge in [-0.2, -0.15) is 0 Å². The van der Waals surface area contributed by atoms with Gasteiger partial charge in [0.15, 0.2) is 6.61 Å². The zero-order valence-corrected chi connectivity index (χ0v) is 14.9. The maximum Gasteiger partial charge on any atom is 0.342 e. The Morgan fingerprint density at radius 1 is 1.23 bits per heavy atom. The third-order valence-electron chi connectivity index (χ3n) is 4.44. The second-order valence-electron chi connectivity index (χ2n) is 6.35. The lowest BCUT2D eigenvalue weighted by molar-refractivity contribution is -0.123. The van der Waals surface area contributed by atoms with Crippen molar-refractivity contribution in [1.82, 2.24) is 10.6 Å². The molecule has 3 N–H and O–H groups in total. The molecule has 1 aliphatic rings. The summed E-state index contributed by atoms with van der Waals surface area (Å²) in [6.45, 7) is 1.44. The lowest BCUT2D eigenvalue weighted by Crippen LogP contribution is -2.48. The Morgan fingerprint density at radius 3 is 2.62 bits per heavy atom. The van der Waals surface area contributed by atoms with Gasteiger partial charge in [-0.05, 0) is 30.9 Å². The lowest BCUT2D eigenvalue weighted by Gasteiger charge is -2.29. The molecule has 0 bridgehead atoms. The Morgan fingerprint density at radius 2 is 1.96 bits per heavy atom. The minimum Gasteiger partial charge on any atom is -0.507 e. The van der Waals surface area contributed by atoms with Gasteiger partial charge >= 0.3 is 12.0 Å². The minimum atomic E-state index is -0.874. The standard InChI is InChI=1S/C18H24N2O6/c1-11-5-3-4-6-14(11)19-18(24)20-16(22)10-26-17(23)13-8-7-12(25-2)9-15(13)21/h7-9,11,14,21H,3-6,10H2,1-2H3,(H2,19,20,22,24)/t11-,14+/m1/s1. The summed E-state index contributed by atoms with van der Waals surface area (Å²) in [4.78, 5) is 35.5. The van der Waals surface area contributed by atoms with Crippen LogP contribution in [0.25, 0.3) is 0 Å². The van der Waals surface area contributed by atoms with E-state index in [1.165, 1.54) is 25.3 Å². The summed E-state index contributed by atoms with van der Waals surface area (Å²) < 4.78 is 9.75. The Labute approximate surface area is 151 Å². The maximum atomic E-state index is 11.9. The summed E-state index contributed by atoms with van der Waals surface area (Å²) in [5.74, 6) is -1.20. The monoisotopic (exact) mass is 364 g/mol. The molecular formula is C18H24N2O6. The van der Waals surface area contributed by atoms with Gasteiger partial charge in [0.1, 0.15) is 17.1 Å². The zero-order valence-electron chi connectivity index (χ0n) is 14.9. The van der Waals surface area contributed by atoms with E-state index >= 15 is 0 Å². The highest BCUT2D eigenvalue weighted by atomic mass is 16.5. The number of benzene rings is 1. The van der Waals surface area contributed by atoms with Crippen LogP contribution < -0.4 is 15.4 Å². The SMILES string of the molecule is COc1ccc(C(=O)OCC(=O)NC(=O)N[C@H]2CCCC[C@H]2C)c(O)c1. The van der Waals surface area contributed by atoms with Gasteiger partial charge in [0.25, 0.3) is 5.91 Å². The summed E-state index contributed by atoms with van der Waals surface area (Å²) in [5, 5.41) is 14.7. The molecule has 2 atom stereocenters. The molecule has 8 heteroatoms. The first-order valence-electron chi connectivity index (χ1n) is 8.55. The number of carbonyl (C=O) groups excluding carboxylic acids is 3. The molecule has 1 aliphatic carbocycles. The molecule has 1 aromatic carbocycles. The molecule has 1 saturated carbocycles. The van der Waals surface area contributed by atoms with Gasteiger partial charge in [0.2, 0.25) is 0 Å². The fraction of sp³-hybridized carbons (Fsp3) is 0.500. The van der Waals surface area contributed by atoms with Crippen molar-refractivity contribution in [3.8, 4) is 11.5 Å². The number of phenolic OH excluding ortho intramolecular Hbond substituents is 1. The van der Waals surface area contributed by atoms with Crippen molar-refractivity contribution in [1.29, 1.82) is 0 Å². The van der Waals surface area contributed by atoms with Crippen molar-refractivity contribution in [3.05, 3.63) is 23.8 Å². The summed E-state index contributed by atoms with van der Waals surface area (Å²) in [5.41, 5.74) is -0.0981. The van der Waals surface area contributed by atoms with E-state index in [9.17, 15) is 19.5 Å². The Hall–Kier alpha value is -2.77. The minimum absolute atomic E-state index is 0.0374. The van der Waals surface area contributed by atoms with Crippen LogP contribution >= 0.6 is 0 Å². The number of urea groups is 1. The molecule has 0 radical (unpaired) electrons. The van der Waals surface area contributed by atoms with Gasteiger partial charge in [-0.25, -0.2) is 9.59 Å². The first-order valence-corrected chi connectivity index (χ1v) is 8.55.